The van der Waals surface area contributed by atoms with Crippen molar-refractivity contribution in [2.24, 2.45) is 0 Å². The standard InChI is InChI=1S/C25H27N3O3/c29-24-14-21(20-5-1-3-18-4-2-10-28(24)25(18)20)26-19-8-11-27(12-9-19)15-17-6-7-22-23(13-17)31-16-30-22/h1,3,5-7,13-14,19,26H,2,4,8-12,15-16H2. The molecule has 6 heteroatoms. The highest BCUT2D eigenvalue weighted by molar-refractivity contribution is 5.93. The maximum absolute atomic E-state index is 12.7. The van der Waals surface area contributed by atoms with E-state index < -0.39 is 0 Å². The van der Waals surface area contributed by atoms with Crippen molar-refractivity contribution in [3.8, 4) is 11.5 Å². The number of piperidine rings is 1. The Labute approximate surface area is 181 Å². The van der Waals surface area contributed by atoms with Crippen LogP contribution in [0.5, 0.6) is 11.5 Å². The van der Waals surface area contributed by atoms with Gasteiger partial charge < -0.3 is 19.4 Å². The lowest BCUT2D eigenvalue weighted by Crippen LogP contribution is -2.39. The van der Waals surface area contributed by atoms with E-state index in [2.05, 4.69) is 40.5 Å². The molecule has 3 aromatic rings. The van der Waals surface area contributed by atoms with Gasteiger partial charge in [0, 0.05) is 49.4 Å². The van der Waals surface area contributed by atoms with Crippen molar-refractivity contribution in [2.45, 2.75) is 44.8 Å². The van der Waals surface area contributed by atoms with E-state index in [9.17, 15) is 4.79 Å². The second-order valence-corrected chi connectivity index (χ2v) is 8.85. The number of anilines is 1. The van der Waals surface area contributed by atoms with Crippen LogP contribution < -0.4 is 20.3 Å². The number of likely N-dealkylation sites (tertiary alicyclic amines) is 1. The zero-order valence-corrected chi connectivity index (χ0v) is 17.6. The van der Waals surface area contributed by atoms with Gasteiger partial charge in [-0.15, -0.1) is 0 Å². The van der Waals surface area contributed by atoms with Crippen LogP contribution in [0.25, 0.3) is 10.9 Å². The molecule has 0 saturated carbocycles. The van der Waals surface area contributed by atoms with Gasteiger partial charge in [-0.3, -0.25) is 9.69 Å². The molecule has 0 spiro atoms. The number of nitrogens with one attached hydrogen (secondary N) is 1. The van der Waals surface area contributed by atoms with E-state index in [-0.39, 0.29) is 5.56 Å². The van der Waals surface area contributed by atoms with Crippen LogP contribution >= 0.6 is 0 Å². The third-order valence-electron chi connectivity index (χ3n) is 6.83. The van der Waals surface area contributed by atoms with Gasteiger partial charge in [-0.05, 0) is 48.9 Å². The Bertz CT molecular complexity index is 1190. The van der Waals surface area contributed by atoms with Crippen molar-refractivity contribution in [3.05, 3.63) is 63.9 Å². The molecule has 2 aromatic carbocycles. The monoisotopic (exact) mass is 417 g/mol. The summed E-state index contributed by atoms with van der Waals surface area (Å²) in [5, 5.41) is 4.89. The van der Waals surface area contributed by atoms with Gasteiger partial charge in [0.15, 0.2) is 11.5 Å². The maximum atomic E-state index is 12.7. The molecule has 1 fully saturated rings. The molecule has 3 aliphatic heterocycles. The zero-order valence-electron chi connectivity index (χ0n) is 17.6. The van der Waals surface area contributed by atoms with Gasteiger partial charge in [0.2, 0.25) is 6.79 Å². The number of hydrogen-bond acceptors (Lipinski definition) is 5. The molecular weight excluding hydrogens is 390 g/mol. The number of ether oxygens (including phenoxy) is 2. The number of para-hydroxylation sites is 1. The lowest BCUT2D eigenvalue weighted by molar-refractivity contribution is 0.173. The Morgan fingerprint density at radius 1 is 1.00 bits per heavy atom. The summed E-state index contributed by atoms with van der Waals surface area (Å²) in [6, 6.07) is 14.8. The summed E-state index contributed by atoms with van der Waals surface area (Å²) in [5.41, 5.74) is 4.79. The molecule has 4 heterocycles. The summed E-state index contributed by atoms with van der Waals surface area (Å²) in [4.78, 5) is 15.2. The Kier molecular flexibility index (Phi) is 4.60. The summed E-state index contributed by atoms with van der Waals surface area (Å²) >= 11 is 0. The molecule has 6 nitrogen and oxygen atoms in total. The normalized spacial score (nSPS) is 18.5. The highest BCUT2D eigenvalue weighted by Gasteiger charge is 2.22. The van der Waals surface area contributed by atoms with Crippen LogP contribution in [0, 0.1) is 0 Å². The molecule has 6 rings (SSSR count). The maximum Gasteiger partial charge on any atom is 0.253 e. The van der Waals surface area contributed by atoms with Gasteiger partial charge in [0.25, 0.3) is 5.56 Å². The third-order valence-corrected chi connectivity index (χ3v) is 6.83. The van der Waals surface area contributed by atoms with Gasteiger partial charge in [0.05, 0.1) is 5.52 Å². The van der Waals surface area contributed by atoms with Crippen molar-refractivity contribution in [2.75, 3.05) is 25.2 Å². The van der Waals surface area contributed by atoms with E-state index in [0.717, 1.165) is 74.6 Å². The van der Waals surface area contributed by atoms with Crippen LogP contribution in [0.15, 0.2) is 47.3 Å². The molecule has 0 aliphatic carbocycles. The highest BCUT2D eigenvalue weighted by atomic mass is 16.7. The summed E-state index contributed by atoms with van der Waals surface area (Å²) in [5.74, 6) is 1.69. The zero-order chi connectivity index (χ0) is 20.8. The number of nitrogens with zero attached hydrogens (tertiary/aromatic N) is 2. The largest absolute Gasteiger partial charge is 0.454 e. The Balaban J connectivity index is 1.15. The lowest BCUT2D eigenvalue weighted by atomic mass is 9.99. The van der Waals surface area contributed by atoms with Crippen LogP contribution in [0.2, 0.25) is 0 Å². The average molecular weight is 418 g/mol. The third kappa shape index (κ3) is 3.45. The van der Waals surface area contributed by atoms with Crippen LogP contribution in [0.1, 0.15) is 30.4 Å². The van der Waals surface area contributed by atoms with Gasteiger partial charge >= 0.3 is 0 Å². The SMILES string of the molecule is O=c1cc(NC2CCN(Cc3ccc4c(c3)OCO4)CC2)c2cccc3c2n1CCC3. The Morgan fingerprint density at radius 3 is 2.77 bits per heavy atom. The van der Waals surface area contributed by atoms with Gasteiger partial charge in [-0.2, -0.15) is 0 Å². The first kappa shape index (κ1) is 18.8. The molecule has 160 valence electrons. The van der Waals surface area contributed by atoms with Crippen LogP contribution in [0.4, 0.5) is 5.69 Å². The first-order valence-corrected chi connectivity index (χ1v) is 11.3. The van der Waals surface area contributed by atoms with Gasteiger partial charge in [-0.1, -0.05) is 24.3 Å². The fourth-order valence-corrected chi connectivity index (χ4v) is 5.24. The predicted octanol–water partition coefficient (Wildman–Crippen LogP) is 3.75. The van der Waals surface area contributed by atoms with Crippen molar-refractivity contribution in [1.29, 1.82) is 0 Å². The Hall–Kier alpha value is -2.99. The molecule has 1 saturated heterocycles. The van der Waals surface area contributed by atoms with Gasteiger partial charge in [-0.25, -0.2) is 0 Å². The summed E-state index contributed by atoms with van der Waals surface area (Å²) in [7, 11) is 0. The minimum absolute atomic E-state index is 0.113. The van der Waals surface area contributed by atoms with E-state index in [4.69, 9.17) is 9.47 Å². The number of benzene rings is 2. The fourth-order valence-electron chi connectivity index (χ4n) is 5.24. The smallest absolute Gasteiger partial charge is 0.253 e. The predicted molar refractivity (Wildman–Crippen MR) is 121 cm³/mol. The fraction of sp³-hybridized carbons (Fsp3) is 0.400. The van der Waals surface area contributed by atoms with E-state index in [1.54, 1.807) is 6.07 Å². The molecule has 0 amide bonds. The second kappa shape index (κ2) is 7.61. The number of aromatic nitrogens is 1. The molecule has 0 bridgehead atoms. The van der Waals surface area contributed by atoms with Crippen LogP contribution in [0.3, 0.4) is 0 Å². The average Bonchev–Trinajstić information content (AvgIpc) is 3.26. The number of hydrogen-bond donors (Lipinski definition) is 1. The summed E-state index contributed by atoms with van der Waals surface area (Å²) in [6.45, 7) is 4.13. The molecule has 3 aliphatic rings. The van der Waals surface area contributed by atoms with E-state index in [1.807, 2.05) is 10.6 Å². The lowest BCUT2D eigenvalue weighted by Gasteiger charge is -2.33. The molecule has 0 radical (unpaired) electrons. The van der Waals surface area contributed by atoms with Crippen molar-refractivity contribution < 1.29 is 9.47 Å². The van der Waals surface area contributed by atoms with E-state index in [0.29, 0.717) is 12.8 Å². The molecule has 0 atom stereocenters. The topological polar surface area (TPSA) is 55.7 Å². The number of pyridine rings is 1. The first-order valence-electron chi connectivity index (χ1n) is 11.3. The molecule has 1 aromatic heterocycles. The minimum Gasteiger partial charge on any atom is -0.454 e. The second-order valence-electron chi connectivity index (χ2n) is 8.85. The van der Waals surface area contributed by atoms with Crippen molar-refractivity contribution in [3.63, 3.8) is 0 Å². The number of aryl methyl sites for hydroxylation is 2. The number of fused-ring (bicyclic) bond motifs is 1. The first-order chi connectivity index (χ1) is 15.2. The summed E-state index contributed by atoms with van der Waals surface area (Å²) in [6.07, 6.45) is 4.22. The summed E-state index contributed by atoms with van der Waals surface area (Å²) < 4.78 is 12.9. The van der Waals surface area contributed by atoms with Crippen molar-refractivity contribution in [1.82, 2.24) is 9.47 Å². The van der Waals surface area contributed by atoms with E-state index in [1.165, 1.54) is 16.5 Å². The highest BCUT2D eigenvalue weighted by Crippen LogP contribution is 2.33. The van der Waals surface area contributed by atoms with Gasteiger partial charge in [0.1, 0.15) is 0 Å². The molecule has 1 N–H and O–H groups in total. The minimum atomic E-state index is 0.113. The number of rotatable bonds is 4. The quantitative estimate of drug-likeness (QED) is 0.701. The Morgan fingerprint density at radius 2 is 1.87 bits per heavy atom. The van der Waals surface area contributed by atoms with Crippen LogP contribution in [-0.2, 0) is 19.5 Å². The molecule has 0 unspecified atom stereocenters. The van der Waals surface area contributed by atoms with Crippen LogP contribution in [-0.4, -0.2) is 35.4 Å². The molecule has 31 heavy (non-hydrogen) atoms. The van der Waals surface area contributed by atoms with Crippen molar-refractivity contribution >= 4 is 16.6 Å². The molecular formula is C25H27N3O3. The van der Waals surface area contributed by atoms with E-state index >= 15 is 0 Å².